The monoisotopic (exact) mass is 450 g/mol. The first-order chi connectivity index (χ1) is 13.6. The third-order valence-electron chi connectivity index (χ3n) is 4.13. The molecular formula is C21H15BrN4OS. The van der Waals surface area contributed by atoms with E-state index in [9.17, 15) is 4.79 Å². The van der Waals surface area contributed by atoms with Gasteiger partial charge in [0.25, 0.3) is 5.91 Å². The van der Waals surface area contributed by atoms with Gasteiger partial charge < -0.3 is 0 Å². The summed E-state index contributed by atoms with van der Waals surface area (Å²) in [5, 5.41) is 5.30. The first-order valence-corrected chi connectivity index (χ1v) is 10.2. The van der Waals surface area contributed by atoms with Gasteiger partial charge in [-0.2, -0.15) is 0 Å². The predicted octanol–water partition coefficient (Wildman–Crippen LogP) is 5.59. The van der Waals surface area contributed by atoms with Crippen LogP contribution < -0.4 is 5.32 Å². The van der Waals surface area contributed by atoms with E-state index in [1.807, 2.05) is 54.8 Å². The third-order valence-corrected chi connectivity index (χ3v) is 5.38. The molecule has 0 bridgehead atoms. The van der Waals surface area contributed by atoms with E-state index in [2.05, 4.69) is 36.2 Å². The number of hydrogen-bond donors (Lipinski definition) is 1. The van der Waals surface area contributed by atoms with Gasteiger partial charge in [-0.3, -0.25) is 20.1 Å². The summed E-state index contributed by atoms with van der Waals surface area (Å²) in [5.41, 5.74) is 4.70. The number of pyridine rings is 2. The minimum atomic E-state index is -0.224. The van der Waals surface area contributed by atoms with Gasteiger partial charge in [-0.25, -0.2) is 4.98 Å². The molecule has 28 heavy (non-hydrogen) atoms. The summed E-state index contributed by atoms with van der Waals surface area (Å²) in [7, 11) is 0. The van der Waals surface area contributed by atoms with Crippen LogP contribution in [-0.4, -0.2) is 20.9 Å². The topological polar surface area (TPSA) is 67.8 Å². The Morgan fingerprint density at radius 3 is 2.64 bits per heavy atom. The normalized spacial score (nSPS) is 10.6. The van der Waals surface area contributed by atoms with Gasteiger partial charge in [0, 0.05) is 33.4 Å². The second kappa shape index (κ2) is 8.00. The Balaban J connectivity index is 1.53. The van der Waals surface area contributed by atoms with Crippen LogP contribution in [0.15, 0.2) is 70.8 Å². The summed E-state index contributed by atoms with van der Waals surface area (Å²) in [4.78, 5) is 25.8. The van der Waals surface area contributed by atoms with E-state index in [1.165, 1.54) is 11.3 Å². The summed E-state index contributed by atoms with van der Waals surface area (Å²) in [5.74, 6) is -0.224. The predicted molar refractivity (Wildman–Crippen MR) is 115 cm³/mol. The standard InChI is InChI=1S/C21H15BrN4OS/c1-13-17(7-8-18(24-13)14-4-2-6-16(22)10-14)20(27)26-21-25-19(12-28-21)15-5-3-9-23-11-15/h2-12H,1H3,(H,25,26,27). The van der Waals surface area contributed by atoms with Crippen molar-refractivity contribution in [2.24, 2.45) is 0 Å². The number of carbonyl (C=O) groups is 1. The number of aromatic nitrogens is 3. The van der Waals surface area contributed by atoms with Crippen LogP contribution in [0.2, 0.25) is 0 Å². The molecule has 7 heteroatoms. The van der Waals surface area contributed by atoms with Gasteiger partial charge in [-0.05, 0) is 43.3 Å². The number of carbonyl (C=O) groups excluding carboxylic acids is 1. The van der Waals surface area contributed by atoms with E-state index in [-0.39, 0.29) is 5.91 Å². The van der Waals surface area contributed by atoms with Crippen LogP contribution in [0.1, 0.15) is 16.1 Å². The number of rotatable bonds is 4. The second-order valence-corrected chi connectivity index (χ2v) is 7.85. The van der Waals surface area contributed by atoms with E-state index < -0.39 is 0 Å². The fourth-order valence-electron chi connectivity index (χ4n) is 2.75. The average molecular weight is 451 g/mol. The van der Waals surface area contributed by atoms with Crippen molar-refractivity contribution in [2.75, 3.05) is 5.32 Å². The smallest absolute Gasteiger partial charge is 0.259 e. The number of amides is 1. The molecule has 0 aliphatic carbocycles. The molecule has 0 radical (unpaired) electrons. The van der Waals surface area contributed by atoms with Gasteiger partial charge in [0.2, 0.25) is 0 Å². The van der Waals surface area contributed by atoms with Crippen molar-refractivity contribution < 1.29 is 4.79 Å². The van der Waals surface area contributed by atoms with Gasteiger partial charge in [-0.15, -0.1) is 11.3 Å². The lowest BCUT2D eigenvalue weighted by molar-refractivity contribution is 0.102. The number of aryl methyl sites for hydroxylation is 1. The quantitative estimate of drug-likeness (QED) is 0.439. The molecule has 5 nitrogen and oxygen atoms in total. The molecule has 0 aliphatic rings. The minimum Gasteiger partial charge on any atom is -0.298 e. The molecular weight excluding hydrogens is 436 g/mol. The van der Waals surface area contributed by atoms with Gasteiger partial charge in [0.1, 0.15) is 0 Å². The zero-order valence-electron chi connectivity index (χ0n) is 14.9. The first-order valence-electron chi connectivity index (χ1n) is 8.51. The summed E-state index contributed by atoms with van der Waals surface area (Å²) in [6.45, 7) is 1.83. The Morgan fingerprint density at radius 1 is 1.04 bits per heavy atom. The van der Waals surface area contributed by atoms with E-state index in [0.717, 1.165) is 27.0 Å². The van der Waals surface area contributed by atoms with E-state index in [0.29, 0.717) is 16.4 Å². The van der Waals surface area contributed by atoms with E-state index >= 15 is 0 Å². The van der Waals surface area contributed by atoms with Crippen LogP contribution in [0.4, 0.5) is 5.13 Å². The molecule has 3 heterocycles. The van der Waals surface area contributed by atoms with Gasteiger partial charge in [-0.1, -0.05) is 28.1 Å². The van der Waals surface area contributed by atoms with Crippen LogP contribution in [0, 0.1) is 6.92 Å². The lowest BCUT2D eigenvalue weighted by Crippen LogP contribution is -2.14. The molecule has 0 atom stereocenters. The van der Waals surface area contributed by atoms with E-state index in [1.54, 1.807) is 18.5 Å². The van der Waals surface area contributed by atoms with Gasteiger partial charge >= 0.3 is 0 Å². The maximum Gasteiger partial charge on any atom is 0.259 e. The molecule has 1 N–H and O–H groups in total. The summed E-state index contributed by atoms with van der Waals surface area (Å²) >= 11 is 4.85. The van der Waals surface area contributed by atoms with E-state index in [4.69, 9.17) is 0 Å². The molecule has 0 aliphatic heterocycles. The number of thiazole rings is 1. The Bertz CT molecular complexity index is 1140. The van der Waals surface area contributed by atoms with Crippen LogP contribution in [-0.2, 0) is 0 Å². The number of benzene rings is 1. The zero-order valence-corrected chi connectivity index (χ0v) is 17.3. The zero-order chi connectivity index (χ0) is 19.5. The van der Waals surface area contributed by atoms with Gasteiger partial charge in [0.15, 0.2) is 5.13 Å². The van der Waals surface area contributed by atoms with Crippen molar-refractivity contribution >= 4 is 38.3 Å². The van der Waals surface area contributed by atoms with Crippen molar-refractivity contribution in [3.63, 3.8) is 0 Å². The third kappa shape index (κ3) is 4.00. The molecule has 0 fully saturated rings. The molecule has 4 aromatic rings. The SMILES string of the molecule is Cc1nc(-c2cccc(Br)c2)ccc1C(=O)Nc1nc(-c2cccnc2)cs1. The molecule has 138 valence electrons. The maximum atomic E-state index is 12.7. The number of nitrogens with zero attached hydrogens (tertiary/aromatic N) is 3. The summed E-state index contributed by atoms with van der Waals surface area (Å²) in [6, 6.07) is 15.3. The number of halogens is 1. The molecule has 1 amide bonds. The van der Waals surface area contributed by atoms with Crippen molar-refractivity contribution in [1.29, 1.82) is 0 Å². The number of nitrogens with one attached hydrogen (secondary N) is 1. The lowest BCUT2D eigenvalue weighted by Gasteiger charge is -2.08. The second-order valence-electron chi connectivity index (χ2n) is 6.07. The molecule has 0 saturated carbocycles. The first kappa shape index (κ1) is 18.5. The maximum absolute atomic E-state index is 12.7. The van der Waals surface area contributed by atoms with Crippen molar-refractivity contribution in [3.05, 3.63) is 82.0 Å². The van der Waals surface area contributed by atoms with Gasteiger partial charge in [0.05, 0.1) is 22.6 Å². The molecule has 3 aromatic heterocycles. The molecule has 0 spiro atoms. The highest BCUT2D eigenvalue weighted by Crippen LogP contribution is 2.26. The Kier molecular flexibility index (Phi) is 5.27. The molecule has 4 rings (SSSR count). The van der Waals surface area contributed by atoms with Crippen molar-refractivity contribution in [3.8, 4) is 22.5 Å². The average Bonchev–Trinajstić information content (AvgIpc) is 3.17. The molecule has 1 aromatic carbocycles. The fourth-order valence-corrected chi connectivity index (χ4v) is 3.87. The van der Waals surface area contributed by atoms with Crippen molar-refractivity contribution in [1.82, 2.24) is 15.0 Å². The largest absolute Gasteiger partial charge is 0.298 e. The minimum absolute atomic E-state index is 0.224. The highest BCUT2D eigenvalue weighted by molar-refractivity contribution is 9.10. The van der Waals surface area contributed by atoms with Crippen molar-refractivity contribution in [2.45, 2.75) is 6.92 Å². The highest BCUT2D eigenvalue weighted by atomic mass is 79.9. The molecule has 0 saturated heterocycles. The van der Waals surface area contributed by atoms with Crippen LogP contribution in [0.3, 0.4) is 0 Å². The van der Waals surface area contributed by atoms with Crippen LogP contribution in [0.25, 0.3) is 22.5 Å². The summed E-state index contributed by atoms with van der Waals surface area (Å²) < 4.78 is 0.986. The molecule has 0 unspecified atom stereocenters. The fraction of sp³-hybridized carbons (Fsp3) is 0.0476. The summed E-state index contributed by atoms with van der Waals surface area (Å²) in [6.07, 6.45) is 3.46. The highest BCUT2D eigenvalue weighted by Gasteiger charge is 2.14. The number of anilines is 1. The Labute approximate surface area is 174 Å². The Morgan fingerprint density at radius 2 is 1.89 bits per heavy atom. The lowest BCUT2D eigenvalue weighted by atomic mass is 10.1. The number of hydrogen-bond acceptors (Lipinski definition) is 5. The van der Waals surface area contributed by atoms with Crippen LogP contribution >= 0.6 is 27.3 Å². The Hall–Kier alpha value is -2.90. The van der Waals surface area contributed by atoms with Crippen LogP contribution in [0.5, 0.6) is 0 Å².